The molecule has 34 heavy (non-hydrogen) atoms. The van der Waals surface area contributed by atoms with Crippen molar-refractivity contribution in [3.05, 3.63) is 95.1 Å². The van der Waals surface area contributed by atoms with E-state index < -0.39 is 5.97 Å². The summed E-state index contributed by atoms with van der Waals surface area (Å²) in [5.74, 6) is 0.397. The predicted molar refractivity (Wildman–Crippen MR) is 133 cm³/mol. The average molecular weight is 452 g/mol. The molecule has 0 fully saturated rings. The Morgan fingerprint density at radius 1 is 1.00 bits per heavy atom. The number of ether oxygens (including phenoxy) is 1. The molecule has 0 saturated carbocycles. The number of fused-ring (bicyclic) bond motifs is 2. The lowest BCUT2D eigenvalue weighted by Gasteiger charge is -2.15. The number of furan rings is 1. The lowest BCUT2D eigenvalue weighted by atomic mass is 9.99. The van der Waals surface area contributed by atoms with Crippen molar-refractivity contribution in [3.63, 3.8) is 0 Å². The number of carboxylic acid groups (broad SMARTS) is 1. The van der Waals surface area contributed by atoms with Gasteiger partial charge in [0.2, 0.25) is 0 Å². The van der Waals surface area contributed by atoms with Crippen LogP contribution in [0.15, 0.2) is 77.2 Å². The van der Waals surface area contributed by atoms with Crippen LogP contribution >= 0.6 is 0 Å². The maximum absolute atomic E-state index is 11.8. The lowest BCUT2D eigenvalue weighted by Crippen LogP contribution is -2.06. The number of benzene rings is 3. The van der Waals surface area contributed by atoms with E-state index in [-0.39, 0.29) is 6.42 Å². The highest BCUT2D eigenvalue weighted by atomic mass is 16.5. The number of nitrogens with zero attached hydrogens (tertiary/aromatic N) is 1. The van der Waals surface area contributed by atoms with Gasteiger partial charge in [-0.2, -0.15) is 0 Å². The highest BCUT2D eigenvalue weighted by molar-refractivity contribution is 5.95. The van der Waals surface area contributed by atoms with E-state index in [0.29, 0.717) is 29.4 Å². The van der Waals surface area contributed by atoms with E-state index in [1.54, 1.807) is 0 Å². The summed E-state index contributed by atoms with van der Waals surface area (Å²) in [5, 5.41) is 11.4. The van der Waals surface area contributed by atoms with Gasteiger partial charge in [-0.05, 0) is 48.7 Å². The Bertz CT molecular complexity index is 1500. The van der Waals surface area contributed by atoms with Crippen LogP contribution in [-0.2, 0) is 17.6 Å². The molecule has 5 nitrogen and oxygen atoms in total. The average Bonchev–Trinajstić information content (AvgIpc) is 3.17. The van der Waals surface area contributed by atoms with Crippen molar-refractivity contribution in [2.24, 2.45) is 0 Å². The van der Waals surface area contributed by atoms with Gasteiger partial charge in [0.25, 0.3) is 0 Å². The monoisotopic (exact) mass is 451 g/mol. The Morgan fingerprint density at radius 3 is 2.53 bits per heavy atom. The predicted octanol–water partition coefficient (Wildman–Crippen LogP) is 6.51. The highest BCUT2D eigenvalue weighted by Gasteiger charge is 2.20. The van der Waals surface area contributed by atoms with Crippen LogP contribution in [0.3, 0.4) is 0 Å². The largest absolute Gasteiger partial charge is 0.493 e. The van der Waals surface area contributed by atoms with Gasteiger partial charge in [0.1, 0.15) is 17.0 Å². The molecule has 2 heterocycles. The quantitative estimate of drug-likeness (QED) is 0.305. The minimum atomic E-state index is -0.906. The van der Waals surface area contributed by atoms with Crippen LogP contribution in [0.1, 0.15) is 22.3 Å². The fourth-order valence-corrected chi connectivity index (χ4v) is 4.40. The summed E-state index contributed by atoms with van der Waals surface area (Å²) >= 11 is 0. The third-order valence-electron chi connectivity index (χ3n) is 6.11. The molecule has 0 saturated heterocycles. The Balaban J connectivity index is 1.60. The number of rotatable bonds is 7. The summed E-state index contributed by atoms with van der Waals surface area (Å²) in [6.07, 6.45) is 0.623. The van der Waals surface area contributed by atoms with Gasteiger partial charge >= 0.3 is 5.97 Å². The molecule has 0 aliphatic carbocycles. The third kappa shape index (κ3) is 4.13. The molecule has 0 aliphatic rings. The summed E-state index contributed by atoms with van der Waals surface area (Å²) in [6, 6.07) is 23.7. The lowest BCUT2D eigenvalue weighted by molar-refractivity contribution is -0.136. The van der Waals surface area contributed by atoms with Gasteiger partial charge in [-0.15, -0.1) is 0 Å². The molecule has 1 N–H and O–H groups in total. The number of aliphatic carboxylic acids is 1. The fourth-order valence-electron chi connectivity index (χ4n) is 4.40. The summed E-state index contributed by atoms with van der Waals surface area (Å²) < 4.78 is 12.3. The van der Waals surface area contributed by atoms with Gasteiger partial charge in [0.05, 0.1) is 18.5 Å². The minimum Gasteiger partial charge on any atom is -0.493 e. The van der Waals surface area contributed by atoms with Crippen molar-refractivity contribution in [2.45, 2.75) is 26.7 Å². The third-order valence-corrected chi connectivity index (χ3v) is 6.11. The van der Waals surface area contributed by atoms with Crippen molar-refractivity contribution >= 4 is 27.8 Å². The molecule has 5 heteroatoms. The van der Waals surface area contributed by atoms with Gasteiger partial charge in [-0.3, -0.25) is 4.79 Å². The number of pyridine rings is 1. The van der Waals surface area contributed by atoms with Crippen LogP contribution in [0, 0.1) is 13.8 Å². The summed E-state index contributed by atoms with van der Waals surface area (Å²) in [5.41, 5.74) is 5.92. The van der Waals surface area contributed by atoms with E-state index in [1.165, 1.54) is 5.56 Å². The first-order valence-electron chi connectivity index (χ1n) is 11.3. The van der Waals surface area contributed by atoms with Crippen molar-refractivity contribution < 1.29 is 19.1 Å². The Kier molecular flexibility index (Phi) is 5.76. The molecular weight excluding hydrogens is 426 g/mol. The first kappa shape index (κ1) is 21.7. The summed E-state index contributed by atoms with van der Waals surface area (Å²) in [7, 11) is 0. The normalized spacial score (nSPS) is 11.2. The van der Waals surface area contributed by atoms with Crippen LogP contribution in [0.2, 0.25) is 0 Å². The molecule has 3 aromatic carbocycles. The van der Waals surface area contributed by atoms with Crippen LogP contribution in [-0.4, -0.2) is 22.7 Å². The number of hydrogen-bond acceptors (Lipinski definition) is 4. The molecule has 5 rings (SSSR count). The Labute approximate surface area is 197 Å². The molecule has 0 atom stereocenters. The molecular formula is C29H25NO4. The molecule has 0 radical (unpaired) electrons. The smallest absolute Gasteiger partial charge is 0.307 e. The van der Waals surface area contributed by atoms with E-state index >= 15 is 0 Å². The summed E-state index contributed by atoms with van der Waals surface area (Å²) in [4.78, 5) is 16.7. The van der Waals surface area contributed by atoms with E-state index in [2.05, 4.69) is 12.1 Å². The first-order valence-corrected chi connectivity index (χ1v) is 11.3. The second kappa shape index (κ2) is 9.02. The molecule has 0 aliphatic heterocycles. The second-order valence-corrected chi connectivity index (χ2v) is 8.48. The number of hydrogen-bond donors (Lipinski definition) is 1. The van der Waals surface area contributed by atoms with Crippen molar-refractivity contribution in [1.29, 1.82) is 0 Å². The van der Waals surface area contributed by atoms with Gasteiger partial charge in [-0.1, -0.05) is 54.6 Å². The standard InChI is InChI=1S/C29H25NO4/c1-18-12-13-25(33-15-14-20-8-4-3-5-9-20)27-21(17-26(31)32)16-23(30-28(18)27)29-19(2)22-10-6-7-11-24(22)34-29/h3-13,16H,14-15,17H2,1-2H3,(H,31,32). The Hall–Kier alpha value is -4.12. The first-order chi connectivity index (χ1) is 16.5. The second-order valence-electron chi connectivity index (χ2n) is 8.48. The maximum atomic E-state index is 11.8. The van der Waals surface area contributed by atoms with Gasteiger partial charge in [0, 0.05) is 22.8 Å². The van der Waals surface area contributed by atoms with Crippen molar-refractivity contribution in [2.75, 3.05) is 6.61 Å². The summed E-state index contributed by atoms with van der Waals surface area (Å²) in [6.45, 7) is 4.46. The topological polar surface area (TPSA) is 72.6 Å². The number of aromatic nitrogens is 1. The number of aryl methyl sites for hydroxylation is 2. The molecule has 0 bridgehead atoms. The molecule has 5 aromatic rings. The number of para-hydroxylation sites is 1. The van der Waals surface area contributed by atoms with Crippen LogP contribution in [0.5, 0.6) is 5.75 Å². The van der Waals surface area contributed by atoms with Crippen molar-refractivity contribution in [3.8, 4) is 17.2 Å². The molecule has 0 spiro atoms. The van der Waals surface area contributed by atoms with E-state index in [9.17, 15) is 9.90 Å². The van der Waals surface area contributed by atoms with Gasteiger partial charge in [0.15, 0.2) is 5.76 Å². The molecule has 0 amide bonds. The molecule has 2 aromatic heterocycles. The zero-order valence-electron chi connectivity index (χ0n) is 19.2. The minimum absolute atomic E-state index is 0.135. The fraction of sp³-hybridized carbons (Fsp3) is 0.172. The zero-order chi connectivity index (χ0) is 23.7. The molecule has 0 unspecified atom stereocenters. The Morgan fingerprint density at radius 2 is 1.76 bits per heavy atom. The van der Waals surface area contributed by atoms with Crippen LogP contribution in [0.25, 0.3) is 33.3 Å². The SMILES string of the molecule is Cc1c(-c2cc(CC(=O)O)c3c(OCCc4ccccc4)ccc(C)c3n2)oc2ccccc12. The number of carbonyl (C=O) groups is 1. The van der Waals surface area contributed by atoms with E-state index in [4.69, 9.17) is 14.1 Å². The van der Waals surface area contributed by atoms with E-state index in [1.807, 2.05) is 74.5 Å². The molecule has 170 valence electrons. The van der Waals surface area contributed by atoms with Gasteiger partial charge in [-0.25, -0.2) is 4.98 Å². The van der Waals surface area contributed by atoms with Crippen LogP contribution in [0.4, 0.5) is 0 Å². The van der Waals surface area contributed by atoms with E-state index in [0.717, 1.165) is 39.4 Å². The maximum Gasteiger partial charge on any atom is 0.307 e. The highest BCUT2D eigenvalue weighted by Crippen LogP contribution is 2.37. The van der Waals surface area contributed by atoms with Crippen molar-refractivity contribution in [1.82, 2.24) is 4.98 Å². The van der Waals surface area contributed by atoms with Crippen LogP contribution < -0.4 is 4.74 Å². The number of carboxylic acids is 1. The van der Waals surface area contributed by atoms with Gasteiger partial charge < -0.3 is 14.3 Å². The zero-order valence-corrected chi connectivity index (χ0v) is 19.2.